The first-order valence-corrected chi connectivity index (χ1v) is 8.56. The van der Waals surface area contributed by atoms with Crippen molar-refractivity contribution in [2.24, 2.45) is 0 Å². The van der Waals surface area contributed by atoms with E-state index in [4.69, 9.17) is 9.26 Å². The fourth-order valence-corrected chi connectivity index (χ4v) is 2.64. The molecule has 0 saturated carbocycles. The first-order chi connectivity index (χ1) is 12.7. The number of rotatable bonds is 6. The first-order valence-electron chi connectivity index (χ1n) is 8.56. The molecule has 2 aromatic rings. The van der Waals surface area contributed by atoms with Gasteiger partial charge in [0, 0.05) is 52.1 Å². The van der Waals surface area contributed by atoms with Crippen LogP contribution in [0.25, 0.3) is 0 Å². The zero-order chi connectivity index (χ0) is 18.4. The molecule has 26 heavy (non-hydrogen) atoms. The normalized spacial score (nSPS) is 15.8. The van der Waals surface area contributed by atoms with Crippen LogP contribution in [0.5, 0.6) is 0 Å². The first kappa shape index (κ1) is 18.1. The zero-order valence-electron chi connectivity index (χ0n) is 15.0. The standard InChI is InChI=1S/C16H23N7O3/c1-12(14-20-13(21-26-14)4-11-25-2)19-16(24)23-9-7-22(8-10-23)15-17-5-3-6-18-15/h3,5-6,12H,4,7-11H2,1-2H3,(H,19,24)/t12-/m1/s1. The van der Waals surface area contributed by atoms with Crippen molar-refractivity contribution in [3.63, 3.8) is 0 Å². The van der Waals surface area contributed by atoms with E-state index in [0.29, 0.717) is 56.9 Å². The van der Waals surface area contributed by atoms with Crippen LogP contribution in [0.1, 0.15) is 24.7 Å². The summed E-state index contributed by atoms with van der Waals surface area (Å²) >= 11 is 0. The highest BCUT2D eigenvalue weighted by Crippen LogP contribution is 2.13. The number of nitrogens with zero attached hydrogens (tertiary/aromatic N) is 6. The lowest BCUT2D eigenvalue weighted by molar-refractivity contribution is 0.188. The van der Waals surface area contributed by atoms with Gasteiger partial charge in [-0.2, -0.15) is 4.98 Å². The van der Waals surface area contributed by atoms with Crippen LogP contribution < -0.4 is 10.2 Å². The lowest BCUT2D eigenvalue weighted by Crippen LogP contribution is -2.52. The number of hydrogen-bond donors (Lipinski definition) is 1. The van der Waals surface area contributed by atoms with E-state index < -0.39 is 0 Å². The van der Waals surface area contributed by atoms with Crippen molar-refractivity contribution in [3.8, 4) is 0 Å². The lowest BCUT2D eigenvalue weighted by Gasteiger charge is -2.34. The third kappa shape index (κ3) is 4.45. The van der Waals surface area contributed by atoms with Gasteiger partial charge in [0.25, 0.3) is 0 Å². The number of piperazine rings is 1. The Balaban J connectivity index is 1.48. The van der Waals surface area contributed by atoms with Crippen LogP contribution in [-0.2, 0) is 11.2 Å². The number of carbonyl (C=O) groups excluding carboxylic acids is 1. The van der Waals surface area contributed by atoms with Crippen molar-refractivity contribution in [3.05, 3.63) is 30.2 Å². The van der Waals surface area contributed by atoms with Gasteiger partial charge >= 0.3 is 6.03 Å². The Bertz CT molecular complexity index is 701. The second-order valence-electron chi connectivity index (χ2n) is 5.99. The third-order valence-corrected chi connectivity index (χ3v) is 4.13. The van der Waals surface area contributed by atoms with Crippen molar-refractivity contribution in [2.45, 2.75) is 19.4 Å². The van der Waals surface area contributed by atoms with Gasteiger partial charge in [-0.3, -0.25) is 0 Å². The van der Waals surface area contributed by atoms with Crippen LogP contribution >= 0.6 is 0 Å². The average molecular weight is 361 g/mol. The molecule has 3 heterocycles. The molecule has 1 saturated heterocycles. The number of methoxy groups -OCH3 is 1. The van der Waals surface area contributed by atoms with Crippen molar-refractivity contribution < 1.29 is 14.1 Å². The topological polar surface area (TPSA) is 110 Å². The summed E-state index contributed by atoms with van der Waals surface area (Å²) in [7, 11) is 1.62. The van der Waals surface area contributed by atoms with Gasteiger partial charge < -0.3 is 24.4 Å². The molecule has 0 aromatic carbocycles. The maximum absolute atomic E-state index is 12.5. The Hall–Kier alpha value is -2.75. The molecule has 1 atom stereocenters. The second kappa shape index (κ2) is 8.56. The summed E-state index contributed by atoms with van der Waals surface area (Å²) in [4.78, 5) is 29.1. The summed E-state index contributed by atoms with van der Waals surface area (Å²) in [6.07, 6.45) is 4.01. The van der Waals surface area contributed by atoms with Crippen molar-refractivity contribution in [1.29, 1.82) is 0 Å². The van der Waals surface area contributed by atoms with Crippen molar-refractivity contribution in [2.75, 3.05) is 44.8 Å². The van der Waals surface area contributed by atoms with Gasteiger partial charge in [0.15, 0.2) is 5.82 Å². The predicted octanol–water partition coefficient (Wildman–Crippen LogP) is 0.641. The summed E-state index contributed by atoms with van der Waals surface area (Å²) in [5, 5.41) is 6.79. The number of urea groups is 1. The molecule has 3 rings (SSSR count). The minimum absolute atomic E-state index is 0.150. The van der Waals surface area contributed by atoms with Crippen LogP contribution in [-0.4, -0.2) is 70.9 Å². The Morgan fingerprint density at radius 1 is 1.31 bits per heavy atom. The minimum atomic E-state index is -0.359. The summed E-state index contributed by atoms with van der Waals surface area (Å²) in [5.41, 5.74) is 0. The molecule has 1 aliphatic heterocycles. The van der Waals surface area contributed by atoms with E-state index in [1.807, 2.05) is 6.92 Å². The summed E-state index contributed by atoms with van der Waals surface area (Å²) < 4.78 is 10.2. The molecule has 2 aromatic heterocycles. The summed E-state index contributed by atoms with van der Waals surface area (Å²) in [6.45, 7) is 4.91. The molecule has 10 heteroatoms. The van der Waals surface area contributed by atoms with Crippen LogP contribution in [0.4, 0.5) is 10.7 Å². The maximum atomic E-state index is 12.5. The molecule has 0 spiro atoms. The van der Waals surface area contributed by atoms with Gasteiger partial charge in [0.1, 0.15) is 6.04 Å². The lowest BCUT2D eigenvalue weighted by atomic mass is 10.3. The molecule has 0 radical (unpaired) electrons. The van der Waals surface area contributed by atoms with E-state index in [1.54, 1.807) is 30.5 Å². The molecule has 140 valence electrons. The van der Waals surface area contributed by atoms with E-state index in [9.17, 15) is 4.79 Å². The van der Waals surface area contributed by atoms with Gasteiger partial charge in [0.05, 0.1) is 6.61 Å². The molecule has 0 aliphatic carbocycles. The Labute approximate surface area is 151 Å². The molecule has 0 unspecified atom stereocenters. The van der Waals surface area contributed by atoms with Gasteiger partial charge in [-0.05, 0) is 13.0 Å². The molecule has 0 bridgehead atoms. The van der Waals surface area contributed by atoms with Gasteiger partial charge in [-0.15, -0.1) is 0 Å². The molecular formula is C16H23N7O3. The number of amides is 2. The van der Waals surface area contributed by atoms with Crippen molar-refractivity contribution in [1.82, 2.24) is 30.3 Å². The van der Waals surface area contributed by atoms with Gasteiger partial charge in [-0.25, -0.2) is 14.8 Å². The van der Waals surface area contributed by atoms with E-state index in [1.165, 1.54) is 0 Å². The van der Waals surface area contributed by atoms with Crippen LogP contribution in [0.15, 0.2) is 23.0 Å². The monoisotopic (exact) mass is 361 g/mol. The second-order valence-corrected chi connectivity index (χ2v) is 5.99. The molecule has 2 amide bonds. The molecule has 10 nitrogen and oxygen atoms in total. The number of hydrogen-bond acceptors (Lipinski definition) is 8. The number of aromatic nitrogens is 4. The maximum Gasteiger partial charge on any atom is 0.318 e. The van der Waals surface area contributed by atoms with E-state index in [0.717, 1.165) is 0 Å². The largest absolute Gasteiger partial charge is 0.384 e. The highest BCUT2D eigenvalue weighted by molar-refractivity contribution is 5.74. The third-order valence-electron chi connectivity index (χ3n) is 4.13. The average Bonchev–Trinajstić information content (AvgIpc) is 3.16. The number of ether oxygens (including phenoxy) is 1. The van der Waals surface area contributed by atoms with Crippen LogP contribution in [0, 0.1) is 0 Å². The van der Waals surface area contributed by atoms with Crippen LogP contribution in [0.3, 0.4) is 0 Å². The highest BCUT2D eigenvalue weighted by atomic mass is 16.5. The van der Waals surface area contributed by atoms with Crippen molar-refractivity contribution >= 4 is 12.0 Å². The van der Waals surface area contributed by atoms with E-state index in [-0.39, 0.29) is 12.1 Å². The van der Waals surface area contributed by atoms with Gasteiger partial charge in [-0.1, -0.05) is 5.16 Å². The molecule has 1 N–H and O–H groups in total. The molecular weight excluding hydrogens is 338 g/mol. The predicted molar refractivity (Wildman–Crippen MR) is 92.6 cm³/mol. The zero-order valence-corrected chi connectivity index (χ0v) is 15.0. The Morgan fingerprint density at radius 3 is 2.73 bits per heavy atom. The minimum Gasteiger partial charge on any atom is -0.384 e. The number of anilines is 1. The summed E-state index contributed by atoms with van der Waals surface area (Å²) in [5.74, 6) is 1.65. The Kier molecular flexibility index (Phi) is 5.95. The smallest absolute Gasteiger partial charge is 0.318 e. The van der Waals surface area contributed by atoms with Gasteiger partial charge in [0.2, 0.25) is 11.8 Å². The number of nitrogens with one attached hydrogen (secondary N) is 1. The van der Waals surface area contributed by atoms with Crippen LogP contribution in [0.2, 0.25) is 0 Å². The molecule has 1 fully saturated rings. The summed E-state index contributed by atoms with van der Waals surface area (Å²) in [6, 6.07) is 1.27. The SMILES string of the molecule is COCCc1noc([C@@H](C)NC(=O)N2CCN(c3ncccn3)CC2)n1. The van der Waals surface area contributed by atoms with E-state index >= 15 is 0 Å². The number of carbonyl (C=O) groups is 1. The quantitative estimate of drug-likeness (QED) is 0.798. The fraction of sp³-hybridized carbons (Fsp3) is 0.562. The molecule has 1 aliphatic rings. The van der Waals surface area contributed by atoms with E-state index in [2.05, 4.69) is 30.3 Å². The highest BCUT2D eigenvalue weighted by Gasteiger charge is 2.25. The Morgan fingerprint density at radius 2 is 2.04 bits per heavy atom. The fourth-order valence-electron chi connectivity index (χ4n) is 2.64.